The predicted octanol–water partition coefficient (Wildman–Crippen LogP) is 1.19. The second-order valence-corrected chi connectivity index (χ2v) is 4.25. The summed E-state index contributed by atoms with van der Waals surface area (Å²) in [5.41, 5.74) is 0.160. The summed E-state index contributed by atoms with van der Waals surface area (Å²) in [7, 11) is 1.54. The van der Waals surface area contributed by atoms with E-state index < -0.39 is 18.0 Å². The minimum Gasteiger partial charge on any atom is -0.386 e. The number of carbonyl (C=O) groups excluding carboxylic acids is 1. The Balaban J connectivity index is 2.40. The molecule has 5 nitrogen and oxygen atoms in total. The number of methoxy groups -OCH3 is 1. The van der Waals surface area contributed by atoms with Crippen LogP contribution in [-0.2, 0) is 4.74 Å². The van der Waals surface area contributed by atoms with Crippen LogP contribution in [0.3, 0.4) is 0 Å². The van der Waals surface area contributed by atoms with Gasteiger partial charge in [-0.25, -0.2) is 9.18 Å². The third-order valence-electron chi connectivity index (χ3n) is 2.51. The van der Waals surface area contributed by atoms with Crippen LogP contribution >= 0.6 is 0 Å². The number of carbonyl (C=O) groups is 1. The molecule has 0 spiro atoms. The van der Waals surface area contributed by atoms with Gasteiger partial charge in [0, 0.05) is 19.2 Å². The Morgan fingerprint density at radius 2 is 2.16 bits per heavy atom. The zero-order chi connectivity index (χ0) is 14.3. The summed E-state index contributed by atoms with van der Waals surface area (Å²) >= 11 is 0. The van der Waals surface area contributed by atoms with Crippen LogP contribution in [0.4, 0.5) is 9.18 Å². The number of benzene rings is 1. The van der Waals surface area contributed by atoms with Gasteiger partial charge in [-0.15, -0.1) is 0 Å². The number of rotatable bonds is 6. The lowest BCUT2D eigenvalue weighted by Crippen LogP contribution is -2.43. The summed E-state index contributed by atoms with van der Waals surface area (Å²) < 4.78 is 18.2. The van der Waals surface area contributed by atoms with E-state index in [0.29, 0.717) is 6.61 Å². The predicted molar refractivity (Wildman–Crippen MR) is 69.2 cm³/mol. The molecule has 2 unspecified atom stereocenters. The SMILES string of the molecule is COCC(C)NC(=O)NCC(O)c1ccccc1F. The molecule has 1 rings (SSSR count). The molecule has 0 aliphatic carbocycles. The van der Waals surface area contributed by atoms with Crippen molar-refractivity contribution in [2.75, 3.05) is 20.3 Å². The normalized spacial score (nSPS) is 13.7. The molecule has 0 fully saturated rings. The highest BCUT2D eigenvalue weighted by atomic mass is 19.1. The van der Waals surface area contributed by atoms with E-state index in [-0.39, 0.29) is 18.2 Å². The lowest BCUT2D eigenvalue weighted by atomic mass is 10.1. The van der Waals surface area contributed by atoms with Gasteiger partial charge in [0.25, 0.3) is 0 Å². The number of hydrogen-bond acceptors (Lipinski definition) is 3. The maximum absolute atomic E-state index is 13.4. The Morgan fingerprint density at radius 3 is 2.79 bits per heavy atom. The standard InChI is InChI=1S/C13H19FN2O3/c1-9(8-19-2)16-13(18)15-7-12(17)10-5-3-4-6-11(10)14/h3-6,9,12,17H,7-8H2,1-2H3,(H2,15,16,18). The fraction of sp³-hybridized carbons (Fsp3) is 0.462. The quantitative estimate of drug-likeness (QED) is 0.727. The second kappa shape index (κ2) is 7.70. The topological polar surface area (TPSA) is 70.6 Å². The van der Waals surface area contributed by atoms with Gasteiger partial charge in [-0.2, -0.15) is 0 Å². The average Bonchev–Trinajstić information content (AvgIpc) is 2.36. The first-order valence-corrected chi connectivity index (χ1v) is 6.00. The van der Waals surface area contributed by atoms with E-state index in [1.165, 1.54) is 25.3 Å². The maximum Gasteiger partial charge on any atom is 0.315 e. The van der Waals surface area contributed by atoms with E-state index in [1.54, 1.807) is 13.0 Å². The first kappa shape index (κ1) is 15.4. The molecule has 1 aromatic rings. The van der Waals surface area contributed by atoms with Gasteiger partial charge < -0.3 is 20.5 Å². The van der Waals surface area contributed by atoms with E-state index in [2.05, 4.69) is 10.6 Å². The molecule has 0 radical (unpaired) electrons. The summed E-state index contributed by atoms with van der Waals surface area (Å²) in [5, 5.41) is 14.9. The fourth-order valence-electron chi connectivity index (χ4n) is 1.61. The first-order valence-electron chi connectivity index (χ1n) is 6.00. The van der Waals surface area contributed by atoms with Crippen LogP contribution in [0.25, 0.3) is 0 Å². The molecule has 0 aliphatic rings. The number of ether oxygens (including phenoxy) is 1. The molecular weight excluding hydrogens is 251 g/mol. The number of amides is 2. The molecule has 0 aliphatic heterocycles. The molecular formula is C13H19FN2O3. The van der Waals surface area contributed by atoms with Crippen molar-refractivity contribution in [3.05, 3.63) is 35.6 Å². The number of nitrogens with one attached hydrogen (secondary N) is 2. The van der Waals surface area contributed by atoms with Crippen LogP contribution in [-0.4, -0.2) is 37.4 Å². The number of hydrogen-bond donors (Lipinski definition) is 3. The molecule has 0 saturated carbocycles. The summed E-state index contributed by atoms with van der Waals surface area (Å²) in [6, 6.07) is 5.34. The van der Waals surface area contributed by atoms with Crippen LogP contribution in [0.5, 0.6) is 0 Å². The van der Waals surface area contributed by atoms with Gasteiger partial charge in [0.2, 0.25) is 0 Å². The molecule has 0 heterocycles. The van der Waals surface area contributed by atoms with Gasteiger partial charge in [-0.1, -0.05) is 18.2 Å². The van der Waals surface area contributed by atoms with E-state index >= 15 is 0 Å². The molecule has 0 bridgehead atoms. The van der Waals surface area contributed by atoms with Gasteiger partial charge in [0.15, 0.2) is 0 Å². The number of aliphatic hydroxyl groups is 1. The van der Waals surface area contributed by atoms with Crippen molar-refractivity contribution in [2.45, 2.75) is 19.1 Å². The van der Waals surface area contributed by atoms with Gasteiger partial charge in [0.1, 0.15) is 5.82 Å². The largest absolute Gasteiger partial charge is 0.386 e. The molecule has 2 atom stereocenters. The molecule has 6 heteroatoms. The highest BCUT2D eigenvalue weighted by molar-refractivity contribution is 5.74. The molecule has 106 valence electrons. The Labute approximate surface area is 111 Å². The van der Waals surface area contributed by atoms with Gasteiger partial charge in [0.05, 0.1) is 18.8 Å². The van der Waals surface area contributed by atoms with Crippen molar-refractivity contribution in [3.8, 4) is 0 Å². The minimum atomic E-state index is -1.08. The highest BCUT2D eigenvalue weighted by Gasteiger charge is 2.14. The smallest absolute Gasteiger partial charge is 0.315 e. The number of urea groups is 1. The molecule has 0 saturated heterocycles. The van der Waals surface area contributed by atoms with Gasteiger partial charge in [-0.05, 0) is 13.0 Å². The Morgan fingerprint density at radius 1 is 1.47 bits per heavy atom. The van der Waals surface area contributed by atoms with Crippen molar-refractivity contribution in [1.29, 1.82) is 0 Å². The lowest BCUT2D eigenvalue weighted by molar-refractivity contribution is 0.160. The molecule has 3 N–H and O–H groups in total. The maximum atomic E-state index is 13.4. The molecule has 19 heavy (non-hydrogen) atoms. The van der Waals surface area contributed by atoms with Crippen LogP contribution in [0.15, 0.2) is 24.3 Å². The minimum absolute atomic E-state index is 0.0630. The van der Waals surface area contributed by atoms with E-state index in [9.17, 15) is 14.3 Å². The molecule has 1 aromatic carbocycles. The average molecular weight is 270 g/mol. The van der Waals surface area contributed by atoms with Crippen LogP contribution in [0.2, 0.25) is 0 Å². The van der Waals surface area contributed by atoms with Gasteiger partial charge in [-0.3, -0.25) is 0 Å². The number of halogens is 1. The zero-order valence-corrected chi connectivity index (χ0v) is 11.0. The lowest BCUT2D eigenvalue weighted by Gasteiger charge is -2.16. The molecule has 2 amide bonds. The van der Waals surface area contributed by atoms with Crippen molar-refractivity contribution in [1.82, 2.24) is 10.6 Å². The van der Waals surface area contributed by atoms with Crippen LogP contribution < -0.4 is 10.6 Å². The van der Waals surface area contributed by atoms with Crippen molar-refractivity contribution < 1.29 is 19.0 Å². The molecule has 0 aromatic heterocycles. The van der Waals surface area contributed by atoms with Gasteiger partial charge >= 0.3 is 6.03 Å². The van der Waals surface area contributed by atoms with Crippen LogP contribution in [0, 0.1) is 5.82 Å². The summed E-state index contributed by atoms with van der Waals surface area (Å²) in [6.45, 7) is 2.12. The Kier molecular flexibility index (Phi) is 6.24. The zero-order valence-electron chi connectivity index (χ0n) is 11.0. The van der Waals surface area contributed by atoms with E-state index in [1.807, 2.05) is 0 Å². The Bertz CT molecular complexity index is 415. The first-order chi connectivity index (χ1) is 9.04. The fourth-order valence-corrected chi connectivity index (χ4v) is 1.61. The highest BCUT2D eigenvalue weighted by Crippen LogP contribution is 2.15. The summed E-state index contributed by atoms with van der Waals surface area (Å²) in [6.07, 6.45) is -1.08. The van der Waals surface area contributed by atoms with Crippen molar-refractivity contribution in [3.63, 3.8) is 0 Å². The summed E-state index contributed by atoms with van der Waals surface area (Å²) in [5.74, 6) is -0.495. The van der Waals surface area contributed by atoms with Crippen LogP contribution in [0.1, 0.15) is 18.6 Å². The third kappa shape index (κ3) is 5.23. The monoisotopic (exact) mass is 270 g/mol. The Hall–Kier alpha value is -1.66. The summed E-state index contributed by atoms with van der Waals surface area (Å²) in [4.78, 5) is 11.5. The third-order valence-corrected chi connectivity index (χ3v) is 2.51. The second-order valence-electron chi connectivity index (χ2n) is 4.25. The van der Waals surface area contributed by atoms with E-state index in [0.717, 1.165) is 0 Å². The van der Waals surface area contributed by atoms with E-state index in [4.69, 9.17) is 4.74 Å². The number of aliphatic hydroxyl groups excluding tert-OH is 1. The van der Waals surface area contributed by atoms with Crippen molar-refractivity contribution in [2.24, 2.45) is 0 Å². The van der Waals surface area contributed by atoms with Crippen molar-refractivity contribution >= 4 is 6.03 Å².